The number of thiocarbonyl (C=S) groups is 1. The lowest BCUT2D eigenvalue weighted by molar-refractivity contribution is -0.125. The number of methoxy groups -OCH3 is 1. The molecule has 2 aromatic rings. The van der Waals surface area contributed by atoms with Crippen molar-refractivity contribution >= 4 is 23.2 Å². The minimum atomic E-state index is -0.549. The van der Waals surface area contributed by atoms with E-state index >= 15 is 0 Å². The van der Waals surface area contributed by atoms with E-state index in [2.05, 4.69) is 29.5 Å². The fourth-order valence-electron chi connectivity index (χ4n) is 3.49. The number of rotatable bonds is 9. The van der Waals surface area contributed by atoms with Crippen LogP contribution >= 0.6 is 12.2 Å². The Kier molecular flexibility index (Phi) is 7.89. The lowest BCUT2D eigenvalue weighted by atomic mass is 9.88. The largest absolute Gasteiger partial charge is 0.493 e. The third-order valence-corrected chi connectivity index (χ3v) is 5.38. The molecule has 31 heavy (non-hydrogen) atoms. The van der Waals surface area contributed by atoms with E-state index in [0.29, 0.717) is 35.5 Å². The van der Waals surface area contributed by atoms with Gasteiger partial charge in [-0.2, -0.15) is 0 Å². The van der Waals surface area contributed by atoms with Crippen molar-refractivity contribution in [1.82, 2.24) is 16.0 Å². The third kappa shape index (κ3) is 5.76. The maximum atomic E-state index is 13.1. The zero-order valence-corrected chi connectivity index (χ0v) is 18.8. The smallest absolute Gasteiger partial charge is 0.231 e. The highest BCUT2D eigenvalue weighted by Crippen LogP contribution is 2.35. The van der Waals surface area contributed by atoms with Crippen LogP contribution in [0.25, 0.3) is 0 Å². The quantitative estimate of drug-likeness (QED) is 0.407. The zero-order chi connectivity index (χ0) is 22.2. The van der Waals surface area contributed by atoms with Gasteiger partial charge in [0.25, 0.3) is 0 Å². The van der Waals surface area contributed by atoms with Crippen LogP contribution in [0.2, 0.25) is 0 Å². The summed E-state index contributed by atoms with van der Waals surface area (Å²) in [5.41, 5.74) is 2.45. The number of carbonyl (C=O) groups excluding carboxylic acids is 1. The second-order valence-electron chi connectivity index (χ2n) is 7.39. The Morgan fingerprint density at radius 3 is 2.68 bits per heavy atom. The molecule has 0 saturated carbocycles. The summed E-state index contributed by atoms with van der Waals surface area (Å²) in [6.07, 6.45) is 2.03. The molecule has 1 heterocycles. The number of hydrogen-bond acceptors (Lipinski definition) is 4. The number of hydrogen-bond donors (Lipinski definition) is 3. The van der Waals surface area contributed by atoms with Crippen LogP contribution in [-0.4, -0.2) is 24.7 Å². The maximum Gasteiger partial charge on any atom is 0.231 e. The van der Waals surface area contributed by atoms with Gasteiger partial charge in [-0.1, -0.05) is 56.3 Å². The Bertz CT molecular complexity index is 933. The Balaban J connectivity index is 1.81. The molecule has 7 heteroatoms. The molecule has 6 nitrogen and oxygen atoms in total. The van der Waals surface area contributed by atoms with Gasteiger partial charge in [0, 0.05) is 12.2 Å². The first-order valence-electron chi connectivity index (χ1n) is 10.4. The van der Waals surface area contributed by atoms with Gasteiger partial charge in [0.2, 0.25) is 5.91 Å². The molecule has 3 N–H and O–H groups in total. The van der Waals surface area contributed by atoms with Crippen molar-refractivity contribution in [3.05, 3.63) is 71.9 Å². The summed E-state index contributed by atoms with van der Waals surface area (Å²) in [5.74, 6) is 0.615. The number of nitrogens with one attached hydrogen (secondary N) is 3. The molecule has 2 atom stereocenters. The number of unbranched alkanes of at least 4 members (excludes halogenated alkanes) is 1. The molecule has 0 spiro atoms. The minimum absolute atomic E-state index is 0.136. The SMILES string of the molecule is C=C1NC(=S)N[C@H](c2ccc(OCCCC)c(OC)c2)[C@H]1C(=O)NCc1ccccc1. The van der Waals surface area contributed by atoms with E-state index < -0.39 is 5.92 Å². The van der Waals surface area contributed by atoms with Crippen molar-refractivity contribution in [3.8, 4) is 11.5 Å². The van der Waals surface area contributed by atoms with E-state index in [1.807, 2.05) is 48.5 Å². The predicted molar refractivity (Wildman–Crippen MR) is 126 cm³/mol. The predicted octanol–water partition coefficient (Wildman–Crippen LogP) is 3.84. The van der Waals surface area contributed by atoms with E-state index in [0.717, 1.165) is 24.0 Å². The third-order valence-electron chi connectivity index (χ3n) is 5.16. The summed E-state index contributed by atoms with van der Waals surface area (Å²) in [6, 6.07) is 15.1. The van der Waals surface area contributed by atoms with Crippen LogP contribution in [0, 0.1) is 5.92 Å². The molecule has 1 aliphatic rings. The summed E-state index contributed by atoms with van der Waals surface area (Å²) in [6.45, 7) is 7.24. The Hall–Kier alpha value is -3.06. The van der Waals surface area contributed by atoms with Gasteiger partial charge in [0.1, 0.15) is 5.92 Å². The van der Waals surface area contributed by atoms with Gasteiger partial charge < -0.3 is 25.4 Å². The van der Waals surface area contributed by atoms with Crippen LogP contribution in [0.15, 0.2) is 60.8 Å². The molecule has 1 aliphatic heterocycles. The summed E-state index contributed by atoms with van der Waals surface area (Å²) in [5, 5.41) is 9.65. The normalized spacial score (nSPS) is 18.0. The summed E-state index contributed by atoms with van der Waals surface area (Å²) < 4.78 is 11.4. The van der Waals surface area contributed by atoms with Crippen LogP contribution in [0.3, 0.4) is 0 Å². The second kappa shape index (κ2) is 10.8. The van der Waals surface area contributed by atoms with Crippen molar-refractivity contribution < 1.29 is 14.3 Å². The lowest BCUT2D eigenvalue weighted by Gasteiger charge is -2.35. The van der Waals surface area contributed by atoms with Crippen molar-refractivity contribution in [2.45, 2.75) is 32.4 Å². The molecule has 3 rings (SSSR count). The fourth-order valence-corrected chi connectivity index (χ4v) is 3.75. The number of carbonyl (C=O) groups is 1. The van der Waals surface area contributed by atoms with E-state index in [-0.39, 0.29) is 11.9 Å². The monoisotopic (exact) mass is 439 g/mol. The highest BCUT2D eigenvalue weighted by atomic mass is 32.1. The fraction of sp³-hybridized carbons (Fsp3) is 0.333. The highest BCUT2D eigenvalue weighted by Gasteiger charge is 2.36. The molecule has 1 fully saturated rings. The average Bonchev–Trinajstić information content (AvgIpc) is 2.78. The van der Waals surface area contributed by atoms with Gasteiger partial charge in [0.05, 0.1) is 19.8 Å². The molecule has 0 aliphatic carbocycles. The highest BCUT2D eigenvalue weighted by molar-refractivity contribution is 7.80. The van der Waals surface area contributed by atoms with Crippen molar-refractivity contribution in [2.24, 2.45) is 5.92 Å². The van der Waals surface area contributed by atoms with Gasteiger partial charge in [-0.15, -0.1) is 0 Å². The standard InChI is InChI=1S/C24H29N3O3S/c1-4-5-13-30-19-12-11-18(14-20(19)29-3)22-21(16(2)26-24(31)27-22)23(28)25-15-17-9-7-6-8-10-17/h6-12,14,21-22H,2,4-5,13,15H2,1,3H3,(H,25,28)(H2,26,27,31)/t21-,22+/m0/s1. The first kappa shape index (κ1) is 22.6. The van der Waals surface area contributed by atoms with Gasteiger partial charge in [-0.05, 0) is 41.9 Å². The first-order chi connectivity index (χ1) is 15.0. The average molecular weight is 440 g/mol. The van der Waals surface area contributed by atoms with Crippen LogP contribution in [0.5, 0.6) is 11.5 Å². The molecule has 0 aromatic heterocycles. The molecule has 0 bridgehead atoms. The van der Waals surface area contributed by atoms with E-state index in [1.54, 1.807) is 7.11 Å². The minimum Gasteiger partial charge on any atom is -0.493 e. The number of amides is 1. The van der Waals surface area contributed by atoms with Crippen LogP contribution in [0.1, 0.15) is 36.9 Å². The van der Waals surface area contributed by atoms with E-state index in [9.17, 15) is 4.79 Å². The lowest BCUT2D eigenvalue weighted by Crippen LogP contribution is -2.52. The first-order valence-corrected chi connectivity index (χ1v) is 10.8. The Morgan fingerprint density at radius 1 is 1.19 bits per heavy atom. The summed E-state index contributed by atoms with van der Waals surface area (Å²) >= 11 is 5.33. The molecule has 0 radical (unpaired) electrons. The second-order valence-corrected chi connectivity index (χ2v) is 7.80. The van der Waals surface area contributed by atoms with Gasteiger partial charge in [0.15, 0.2) is 16.6 Å². The summed E-state index contributed by atoms with van der Waals surface area (Å²) in [7, 11) is 1.61. The molecule has 164 valence electrons. The van der Waals surface area contributed by atoms with Crippen molar-refractivity contribution in [1.29, 1.82) is 0 Å². The van der Waals surface area contributed by atoms with Gasteiger partial charge in [-0.25, -0.2) is 0 Å². The van der Waals surface area contributed by atoms with Crippen LogP contribution in [-0.2, 0) is 11.3 Å². The molecule has 1 saturated heterocycles. The van der Waals surface area contributed by atoms with Crippen LogP contribution in [0.4, 0.5) is 0 Å². The van der Waals surface area contributed by atoms with Crippen molar-refractivity contribution in [3.63, 3.8) is 0 Å². The topological polar surface area (TPSA) is 71.6 Å². The Labute approximate surface area is 189 Å². The zero-order valence-electron chi connectivity index (χ0n) is 17.9. The molecule has 0 unspecified atom stereocenters. The van der Waals surface area contributed by atoms with E-state index in [4.69, 9.17) is 21.7 Å². The van der Waals surface area contributed by atoms with E-state index in [1.165, 1.54) is 0 Å². The van der Waals surface area contributed by atoms with Crippen LogP contribution < -0.4 is 25.4 Å². The van der Waals surface area contributed by atoms with Crippen molar-refractivity contribution in [2.75, 3.05) is 13.7 Å². The molecular formula is C24H29N3O3S. The Morgan fingerprint density at radius 2 is 1.97 bits per heavy atom. The number of ether oxygens (including phenoxy) is 2. The number of benzene rings is 2. The summed E-state index contributed by atoms with van der Waals surface area (Å²) in [4.78, 5) is 13.1. The maximum absolute atomic E-state index is 13.1. The molecular weight excluding hydrogens is 410 g/mol. The van der Waals surface area contributed by atoms with Gasteiger partial charge >= 0.3 is 0 Å². The van der Waals surface area contributed by atoms with Gasteiger partial charge in [-0.3, -0.25) is 4.79 Å². The molecule has 1 amide bonds. The molecule has 2 aromatic carbocycles.